The van der Waals surface area contributed by atoms with Gasteiger partial charge in [0.25, 0.3) is 5.91 Å². The van der Waals surface area contributed by atoms with Gasteiger partial charge in [0.2, 0.25) is 0 Å². The Morgan fingerprint density at radius 3 is 2.30 bits per heavy atom. The smallest absolute Gasteiger partial charge is 0.259 e. The molecule has 1 aliphatic heterocycles. The molecule has 3 rings (SSSR count). The van der Waals surface area contributed by atoms with Gasteiger partial charge >= 0.3 is 0 Å². The molecule has 0 saturated carbocycles. The number of rotatable bonds is 18. The molecule has 4 nitrogen and oxygen atoms in total. The number of ether oxygens (including phenoxy) is 1. The lowest BCUT2D eigenvalue weighted by molar-refractivity contribution is 0.102. The maximum atomic E-state index is 14.6. The number of carbonyl (C=O) groups excluding carboxylic acids is 1. The monoisotopic (exact) mass is 526 g/mol. The van der Waals surface area contributed by atoms with Crippen molar-refractivity contribution in [3.63, 3.8) is 0 Å². The fourth-order valence-electron chi connectivity index (χ4n) is 4.54. The third-order valence-electron chi connectivity index (χ3n) is 6.63. The molecule has 1 N–H and O–H groups in total. The average molecular weight is 527 g/mol. The minimum absolute atomic E-state index is 0.0402. The third-order valence-corrected chi connectivity index (χ3v) is 7.43. The van der Waals surface area contributed by atoms with E-state index in [9.17, 15) is 9.18 Å². The van der Waals surface area contributed by atoms with Crippen LogP contribution in [0.5, 0.6) is 5.75 Å². The molecule has 0 bridgehead atoms. The summed E-state index contributed by atoms with van der Waals surface area (Å²) < 4.78 is 20.3. The lowest BCUT2D eigenvalue weighted by Gasteiger charge is -2.16. The molecule has 1 amide bonds. The quantitative estimate of drug-likeness (QED) is 0.197. The fraction of sp³-hybridized carbons (Fsp3) is 0.516. The van der Waals surface area contributed by atoms with Crippen LogP contribution in [0.3, 0.4) is 0 Å². The van der Waals surface area contributed by atoms with E-state index in [0.717, 1.165) is 30.8 Å². The molecule has 6 heteroatoms. The standard InChI is InChI=1S/C31H43FN2O2S/c1-2-3-4-5-6-7-8-9-10-11-12-13-21-36-30-28(18-15-19-29(30)32)31(35)33-27-17-14-16-26(23-27)24-34-20-22-37-25-34/h14-20,22-23H,2-13,21,24-25H2,1H3,(H,33,35). The van der Waals surface area contributed by atoms with Crippen molar-refractivity contribution in [1.29, 1.82) is 0 Å². The summed E-state index contributed by atoms with van der Waals surface area (Å²) in [5.41, 5.74) is 2.02. The highest BCUT2D eigenvalue weighted by Crippen LogP contribution is 2.25. The fourth-order valence-corrected chi connectivity index (χ4v) is 5.25. The molecule has 1 aliphatic rings. The molecular formula is C31H43FN2O2S. The summed E-state index contributed by atoms with van der Waals surface area (Å²) in [6.45, 7) is 3.45. The Morgan fingerprint density at radius 2 is 1.62 bits per heavy atom. The van der Waals surface area contributed by atoms with Crippen LogP contribution in [0.15, 0.2) is 54.1 Å². The van der Waals surface area contributed by atoms with Crippen LogP contribution in [0.4, 0.5) is 10.1 Å². The molecule has 0 atom stereocenters. The number of nitrogens with zero attached hydrogens (tertiary/aromatic N) is 1. The van der Waals surface area contributed by atoms with E-state index < -0.39 is 5.82 Å². The summed E-state index contributed by atoms with van der Waals surface area (Å²) in [6, 6.07) is 12.3. The van der Waals surface area contributed by atoms with E-state index in [1.807, 2.05) is 24.3 Å². The summed E-state index contributed by atoms with van der Waals surface area (Å²) in [5, 5.41) is 4.99. The molecule has 1 heterocycles. The van der Waals surface area contributed by atoms with Gasteiger partial charge in [0.1, 0.15) is 0 Å². The zero-order chi connectivity index (χ0) is 26.1. The summed E-state index contributed by atoms with van der Waals surface area (Å²) in [6.07, 6.45) is 17.2. The van der Waals surface area contributed by atoms with Crippen LogP contribution >= 0.6 is 11.8 Å². The Labute approximate surface area is 227 Å². The maximum absolute atomic E-state index is 14.6. The van der Waals surface area contributed by atoms with Crippen LogP contribution in [0.1, 0.15) is 99.9 Å². The molecule has 2 aromatic carbocycles. The van der Waals surface area contributed by atoms with Crippen LogP contribution < -0.4 is 10.1 Å². The Balaban J connectivity index is 1.38. The van der Waals surface area contributed by atoms with Gasteiger partial charge < -0.3 is 15.0 Å². The van der Waals surface area contributed by atoms with Crippen molar-refractivity contribution < 1.29 is 13.9 Å². The first-order valence-electron chi connectivity index (χ1n) is 14.0. The van der Waals surface area contributed by atoms with Crippen molar-refractivity contribution in [2.24, 2.45) is 0 Å². The Bertz CT molecular complexity index is 981. The Morgan fingerprint density at radius 1 is 0.946 bits per heavy atom. The van der Waals surface area contributed by atoms with Gasteiger partial charge in [-0.25, -0.2) is 4.39 Å². The van der Waals surface area contributed by atoms with Gasteiger partial charge in [-0.15, -0.1) is 11.8 Å². The number of benzene rings is 2. The zero-order valence-corrected chi connectivity index (χ0v) is 23.2. The third kappa shape index (κ3) is 10.8. The Kier molecular flexibility index (Phi) is 13.5. The van der Waals surface area contributed by atoms with E-state index in [2.05, 4.69) is 28.7 Å². The predicted molar refractivity (Wildman–Crippen MR) is 155 cm³/mol. The number of anilines is 1. The minimum atomic E-state index is -0.501. The second kappa shape index (κ2) is 17.1. The van der Waals surface area contributed by atoms with Crippen LogP contribution in [-0.4, -0.2) is 23.3 Å². The number of para-hydroxylation sites is 1. The van der Waals surface area contributed by atoms with Crippen molar-refractivity contribution in [3.05, 3.63) is 71.0 Å². The van der Waals surface area contributed by atoms with Gasteiger partial charge in [-0.05, 0) is 41.7 Å². The number of amides is 1. The summed E-state index contributed by atoms with van der Waals surface area (Å²) >= 11 is 1.76. The van der Waals surface area contributed by atoms with Crippen LogP contribution in [0, 0.1) is 5.82 Å². The summed E-state index contributed by atoms with van der Waals surface area (Å²) in [4.78, 5) is 15.2. The molecule has 0 spiro atoms. The van der Waals surface area contributed by atoms with Gasteiger partial charge in [0.15, 0.2) is 11.6 Å². The second-order valence-corrected chi connectivity index (χ2v) is 10.7. The number of carbonyl (C=O) groups is 1. The molecule has 0 saturated heterocycles. The molecule has 0 unspecified atom stereocenters. The van der Waals surface area contributed by atoms with E-state index in [1.165, 1.54) is 70.3 Å². The van der Waals surface area contributed by atoms with E-state index in [4.69, 9.17) is 4.74 Å². The topological polar surface area (TPSA) is 41.6 Å². The number of hydrogen-bond donors (Lipinski definition) is 1. The number of thioether (sulfide) groups is 1. The highest BCUT2D eigenvalue weighted by molar-refractivity contribution is 8.02. The summed E-state index contributed by atoms with van der Waals surface area (Å²) in [7, 11) is 0. The largest absolute Gasteiger partial charge is 0.490 e. The first kappa shape index (κ1) is 29.1. The van der Waals surface area contributed by atoms with E-state index in [-0.39, 0.29) is 17.2 Å². The molecule has 37 heavy (non-hydrogen) atoms. The van der Waals surface area contributed by atoms with Crippen LogP contribution in [-0.2, 0) is 6.54 Å². The predicted octanol–water partition coefficient (Wildman–Crippen LogP) is 9.14. The molecule has 0 fully saturated rings. The van der Waals surface area contributed by atoms with Gasteiger partial charge in [-0.3, -0.25) is 4.79 Å². The highest BCUT2D eigenvalue weighted by atomic mass is 32.2. The van der Waals surface area contributed by atoms with Crippen LogP contribution in [0.25, 0.3) is 0 Å². The zero-order valence-electron chi connectivity index (χ0n) is 22.4. The van der Waals surface area contributed by atoms with Crippen molar-refractivity contribution in [2.45, 2.75) is 90.5 Å². The van der Waals surface area contributed by atoms with E-state index in [0.29, 0.717) is 12.3 Å². The first-order chi connectivity index (χ1) is 18.2. The normalized spacial score (nSPS) is 12.8. The maximum Gasteiger partial charge on any atom is 0.259 e. The molecule has 0 aromatic heterocycles. The molecule has 2 aromatic rings. The van der Waals surface area contributed by atoms with Gasteiger partial charge in [-0.2, -0.15) is 0 Å². The lowest BCUT2D eigenvalue weighted by Crippen LogP contribution is -2.16. The minimum Gasteiger partial charge on any atom is -0.490 e. The first-order valence-corrected chi connectivity index (χ1v) is 15.1. The second-order valence-electron chi connectivity index (χ2n) is 9.84. The average Bonchev–Trinajstić information content (AvgIpc) is 3.40. The number of nitrogens with one attached hydrogen (secondary N) is 1. The molecule has 0 radical (unpaired) electrons. The van der Waals surface area contributed by atoms with E-state index in [1.54, 1.807) is 23.9 Å². The van der Waals surface area contributed by atoms with Crippen LogP contribution in [0.2, 0.25) is 0 Å². The van der Waals surface area contributed by atoms with Gasteiger partial charge in [0, 0.05) is 18.4 Å². The molecule has 0 aliphatic carbocycles. The number of hydrogen-bond acceptors (Lipinski definition) is 4. The highest BCUT2D eigenvalue weighted by Gasteiger charge is 2.17. The number of halogens is 1. The summed E-state index contributed by atoms with van der Waals surface area (Å²) in [5.74, 6) is 0.106. The van der Waals surface area contributed by atoms with E-state index >= 15 is 0 Å². The molecular weight excluding hydrogens is 483 g/mol. The van der Waals surface area contributed by atoms with Gasteiger partial charge in [0.05, 0.1) is 18.0 Å². The lowest BCUT2D eigenvalue weighted by atomic mass is 10.1. The van der Waals surface area contributed by atoms with Gasteiger partial charge in [-0.1, -0.05) is 95.8 Å². The van der Waals surface area contributed by atoms with Crippen molar-refractivity contribution in [2.75, 3.05) is 17.8 Å². The van der Waals surface area contributed by atoms with Crippen molar-refractivity contribution in [1.82, 2.24) is 4.90 Å². The van der Waals surface area contributed by atoms with Crippen molar-refractivity contribution in [3.8, 4) is 5.75 Å². The van der Waals surface area contributed by atoms with Crippen molar-refractivity contribution >= 4 is 23.4 Å². The SMILES string of the molecule is CCCCCCCCCCCCCCOc1c(F)cccc1C(=O)Nc1cccc(CN2C=CSC2)c1. The molecule has 202 valence electrons. The Hall–Kier alpha value is -2.47. The number of unbranched alkanes of at least 4 members (excludes halogenated alkanes) is 11.